The first-order valence-electron chi connectivity index (χ1n) is 6.59. The van der Waals surface area contributed by atoms with E-state index in [0.29, 0.717) is 12.3 Å². The van der Waals surface area contributed by atoms with Gasteiger partial charge in [0.1, 0.15) is 5.82 Å². The second-order valence-electron chi connectivity index (χ2n) is 5.70. The van der Waals surface area contributed by atoms with E-state index < -0.39 is 0 Å². The summed E-state index contributed by atoms with van der Waals surface area (Å²) in [6, 6.07) is 1.94. The molecule has 98 valence electrons. The summed E-state index contributed by atoms with van der Waals surface area (Å²) in [5, 5.41) is 3.17. The Labute approximate surface area is 108 Å². The molecule has 1 fully saturated rings. The Morgan fingerprint density at radius 2 is 2.28 bits per heavy atom. The van der Waals surface area contributed by atoms with Crippen LogP contribution in [0.25, 0.3) is 0 Å². The number of amides is 1. The molecule has 1 aliphatic rings. The molecule has 2 heterocycles. The molecule has 1 aliphatic heterocycles. The fraction of sp³-hybridized carbons (Fsp3) is 0.643. The maximum atomic E-state index is 11.6. The lowest BCUT2D eigenvalue weighted by Gasteiger charge is -2.30. The van der Waals surface area contributed by atoms with Crippen LogP contribution in [0, 0.1) is 12.8 Å². The highest BCUT2D eigenvalue weighted by Gasteiger charge is 2.38. The van der Waals surface area contributed by atoms with Gasteiger partial charge in [0.05, 0.1) is 0 Å². The normalized spacial score (nSPS) is 23.4. The molecule has 1 aromatic heterocycles. The van der Waals surface area contributed by atoms with Gasteiger partial charge in [0.2, 0.25) is 5.91 Å². The van der Waals surface area contributed by atoms with Crippen molar-refractivity contribution in [1.29, 1.82) is 0 Å². The van der Waals surface area contributed by atoms with Crippen LogP contribution in [0.1, 0.15) is 44.6 Å². The third-order valence-corrected chi connectivity index (χ3v) is 3.39. The lowest BCUT2D eigenvalue weighted by atomic mass is 9.83. The molecule has 1 atom stereocenters. The van der Waals surface area contributed by atoms with Crippen LogP contribution in [0.4, 0.5) is 0 Å². The second kappa shape index (κ2) is 5.04. The van der Waals surface area contributed by atoms with Gasteiger partial charge in [-0.15, -0.1) is 0 Å². The molecule has 2 rings (SSSR count). The van der Waals surface area contributed by atoms with E-state index in [1.54, 1.807) is 6.20 Å². The number of carbonyl (C=O) groups excluding carboxylic acids is 1. The van der Waals surface area contributed by atoms with Gasteiger partial charge in [0, 0.05) is 30.3 Å². The minimum atomic E-state index is -0.105. The Morgan fingerprint density at radius 3 is 2.83 bits per heavy atom. The van der Waals surface area contributed by atoms with Gasteiger partial charge in [0.25, 0.3) is 0 Å². The highest BCUT2D eigenvalue weighted by molar-refractivity contribution is 5.79. The van der Waals surface area contributed by atoms with Gasteiger partial charge in [-0.2, -0.15) is 0 Å². The van der Waals surface area contributed by atoms with Crippen molar-refractivity contribution in [3.63, 3.8) is 0 Å². The van der Waals surface area contributed by atoms with Crippen molar-refractivity contribution in [2.45, 2.75) is 52.0 Å². The van der Waals surface area contributed by atoms with Crippen molar-refractivity contribution >= 4 is 5.91 Å². The largest absolute Gasteiger partial charge is 0.350 e. The summed E-state index contributed by atoms with van der Waals surface area (Å²) < 4.78 is 0. The van der Waals surface area contributed by atoms with Gasteiger partial charge >= 0.3 is 0 Å². The number of hydrogen-bond donors (Lipinski definition) is 1. The lowest BCUT2D eigenvalue weighted by molar-refractivity contribution is -0.119. The Kier molecular flexibility index (Phi) is 3.64. The average molecular weight is 247 g/mol. The summed E-state index contributed by atoms with van der Waals surface area (Å²) in [7, 11) is 0. The Balaban J connectivity index is 2.18. The van der Waals surface area contributed by atoms with Crippen molar-refractivity contribution < 1.29 is 4.79 Å². The molecule has 0 aliphatic carbocycles. The molecule has 0 saturated carbocycles. The summed E-state index contributed by atoms with van der Waals surface area (Å²) in [6.07, 6.45) is 5.14. The fourth-order valence-corrected chi connectivity index (χ4v) is 2.86. The molecule has 4 nitrogen and oxygen atoms in total. The van der Waals surface area contributed by atoms with E-state index >= 15 is 0 Å². The number of nitrogens with zero attached hydrogens (tertiary/aromatic N) is 2. The van der Waals surface area contributed by atoms with Gasteiger partial charge in [-0.3, -0.25) is 4.79 Å². The lowest BCUT2D eigenvalue weighted by Crippen LogP contribution is -2.44. The number of aromatic nitrogens is 2. The third kappa shape index (κ3) is 3.06. The molecule has 1 aromatic rings. The van der Waals surface area contributed by atoms with E-state index in [2.05, 4.69) is 29.1 Å². The zero-order chi connectivity index (χ0) is 13.2. The molecule has 18 heavy (non-hydrogen) atoms. The van der Waals surface area contributed by atoms with Crippen LogP contribution in [0.15, 0.2) is 12.3 Å². The molecule has 1 amide bonds. The van der Waals surface area contributed by atoms with E-state index in [-0.39, 0.29) is 11.4 Å². The molecular formula is C14H21N3O. The number of carbonyl (C=O) groups is 1. The van der Waals surface area contributed by atoms with Crippen molar-refractivity contribution in [1.82, 2.24) is 15.3 Å². The SMILES string of the molecule is Cc1nccc(CC2(CC(C)C)CCC(=O)N2)n1. The van der Waals surface area contributed by atoms with Crippen LogP contribution >= 0.6 is 0 Å². The highest BCUT2D eigenvalue weighted by Crippen LogP contribution is 2.30. The molecule has 4 heteroatoms. The van der Waals surface area contributed by atoms with Crippen LogP contribution in [-0.4, -0.2) is 21.4 Å². The molecule has 1 N–H and O–H groups in total. The zero-order valence-electron chi connectivity index (χ0n) is 11.4. The van der Waals surface area contributed by atoms with Gasteiger partial charge in [-0.05, 0) is 31.7 Å². The number of nitrogens with one attached hydrogen (secondary N) is 1. The summed E-state index contributed by atoms with van der Waals surface area (Å²) >= 11 is 0. The summed E-state index contributed by atoms with van der Waals surface area (Å²) in [4.78, 5) is 20.1. The molecule has 1 saturated heterocycles. The molecule has 0 radical (unpaired) electrons. The second-order valence-corrected chi connectivity index (χ2v) is 5.70. The Hall–Kier alpha value is -1.45. The van der Waals surface area contributed by atoms with Crippen LogP contribution in [0.2, 0.25) is 0 Å². The summed E-state index contributed by atoms with van der Waals surface area (Å²) in [6.45, 7) is 6.28. The van der Waals surface area contributed by atoms with Crippen LogP contribution in [0.5, 0.6) is 0 Å². The number of aryl methyl sites for hydroxylation is 1. The van der Waals surface area contributed by atoms with Gasteiger partial charge in [-0.1, -0.05) is 13.8 Å². The van der Waals surface area contributed by atoms with Gasteiger partial charge in [-0.25, -0.2) is 9.97 Å². The monoisotopic (exact) mass is 247 g/mol. The van der Waals surface area contributed by atoms with Crippen LogP contribution in [-0.2, 0) is 11.2 Å². The minimum Gasteiger partial charge on any atom is -0.350 e. The Bertz CT molecular complexity index is 444. The maximum absolute atomic E-state index is 11.6. The van der Waals surface area contributed by atoms with Crippen LogP contribution in [0.3, 0.4) is 0 Å². The quantitative estimate of drug-likeness (QED) is 0.885. The summed E-state index contributed by atoms with van der Waals surface area (Å²) in [5.41, 5.74) is 0.914. The van der Waals surface area contributed by atoms with Crippen LogP contribution < -0.4 is 5.32 Å². The topological polar surface area (TPSA) is 54.9 Å². The highest BCUT2D eigenvalue weighted by atomic mass is 16.2. The smallest absolute Gasteiger partial charge is 0.220 e. The van der Waals surface area contributed by atoms with E-state index in [1.165, 1.54) is 0 Å². The van der Waals surface area contributed by atoms with E-state index in [1.807, 2.05) is 13.0 Å². The van der Waals surface area contributed by atoms with Crippen molar-refractivity contribution in [2.24, 2.45) is 5.92 Å². The Morgan fingerprint density at radius 1 is 1.50 bits per heavy atom. The predicted octanol–water partition coefficient (Wildman–Crippen LogP) is 2.02. The molecule has 0 bridgehead atoms. The van der Waals surface area contributed by atoms with Crippen molar-refractivity contribution in [2.75, 3.05) is 0 Å². The maximum Gasteiger partial charge on any atom is 0.220 e. The number of hydrogen-bond acceptors (Lipinski definition) is 3. The molecule has 1 unspecified atom stereocenters. The minimum absolute atomic E-state index is 0.105. The van der Waals surface area contributed by atoms with E-state index in [9.17, 15) is 4.79 Å². The summed E-state index contributed by atoms with van der Waals surface area (Å²) in [5.74, 6) is 1.52. The molecule has 0 spiro atoms. The number of rotatable bonds is 4. The average Bonchev–Trinajstić information content (AvgIpc) is 2.58. The fourth-order valence-electron chi connectivity index (χ4n) is 2.86. The van der Waals surface area contributed by atoms with Gasteiger partial charge < -0.3 is 5.32 Å². The first-order valence-corrected chi connectivity index (χ1v) is 6.59. The van der Waals surface area contributed by atoms with Crippen molar-refractivity contribution in [3.05, 3.63) is 23.8 Å². The predicted molar refractivity (Wildman–Crippen MR) is 70.0 cm³/mol. The van der Waals surface area contributed by atoms with Crippen molar-refractivity contribution in [3.8, 4) is 0 Å². The third-order valence-electron chi connectivity index (χ3n) is 3.39. The molecular weight excluding hydrogens is 226 g/mol. The van der Waals surface area contributed by atoms with Gasteiger partial charge in [0.15, 0.2) is 0 Å². The zero-order valence-corrected chi connectivity index (χ0v) is 11.4. The standard InChI is InChI=1S/C14H21N3O/c1-10(2)8-14(6-4-13(18)17-14)9-12-5-7-15-11(3)16-12/h5,7,10H,4,6,8-9H2,1-3H3,(H,17,18). The van der Waals surface area contributed by atoms with E-state index in [0.717, 1.165) is 30.8 Å². The van der Waals surface area contributed by atoms with E-state index in [4.69, 9.17) is 0 Å². The first-order chi connectivity index (χ1) is 8.49. The first kappa shape index (κ1) is 13.0. The molecule has 0 aromatic carbocycles.